The van der Waals surface area contributed by atoms with Crippen LogP contribution in [0, 0.1) is 11.7 Å². The van der Waals surface area contributed by atoms with Gasteiger partial charge in [0, 0.05) is 11.1 Å². The molecule has 1 aromatic carbocycles. The van der Waals surface area contributed by atoms with Gasteiger partial charge in [0.25, 0.3) is 0 Å². The summed E-state index contributed by atoms with van der Waals surface area (Å²) < 4.78 is 14.7. The molecule has 1 saturated carbocycles. The monoisotopic (exact) mass is 313 g/mol. The minimum atomic E-state index is -0.488. The SMILES string of the molecule is CCC1CCCC(N)(c2cccc(Br)c2F)CC1. The van der Waals surface area contributed by atoms with Gasteiger partial charge in [-0.3, -0.25) is 0 Å². The van der Waals surface area contributed by atoms with Crippen LogP contribution in [0.15, 0.2) is 22.7 Å². The maximum atomic E-state index is 14.2. The third-order valence-electron chi connectivity index (χ3n) is 4.30. The van der Waals surface area contributed by atoms with Gasteiger partial charge in [-0.2, -0.15) is 0 Å². The summed E-state index contributed by atoms with van der Waals surface area (Å²) in [6, 6.07) is 5.44. The topological polar surface area (TPSA) is 26.0 Å². The van der Waals surface area contributed by atoms with E-state index >= 15 is 0 Å². The van der Waals surface area contributed by atoms with E-state index in [9.17, 15) is 4.39 Å². The van der Waals surface area contributed by atoms with Crippen molar-refractivity contribution in [3.05, 3.63) is 34.1 Å². The average Bonchev–Trinajstić information content (AvgIpc) is 2.55. The number of hydrogen-bond donors (Lipinski definition) is 1. The Kier molecular flexibility index (Phi) is 4.44. The van der Waals surface area contributed by atoms with E-state index in [-0.39, 0.29) is 5.82 Å². The summed E-state index contributed by atoms with van der Waals surface area (Å²) in [5.74, 6) is 0.570. The van der Waals surface area contributed by atoms with E-state index in [4.69, 9.17) is 5.73 Å². The zero-order valence-corrected chi connectivity index (χ0v) is 12.5. The van der Waals surface area contributed by atoms with Gasteiger partial charge in [0.1, 0.15) is 5.82 Å². The Morgan fingerprint density at radius 2 is 2.17 bits per heavy atom. The van der Waals surface area contributed by atoms with Crippen molar-refractivity contribution in [2.24, 2.45) is 11.7 Å². The van der Waals surface area contributed by atoms with Crippen LogP contribution in [0.4, 0.5) is 4.39 Å². The summed E-state index contributed by atoms with van der Waals surface area (Å²) >= 11 is 3.25. The summed E-state index contributed by atoms with van der Waals surface area (Å²) in [6.45, 7) is 2.23. The van der Waals surface area contributed by atoms with Gasteiger partial charge in [0.15, 0.2) is 0 Å². The van der Waals surface area contributed by atoms with Crippen molar-refractivity contribution in [3.8, 4) is 0 Å². The van der Waals surface area contributed by atoms with Crippen molar-refractivity contribution >= 4 is 15.9 Å². The largest absolute Gasteiger partial charge is 0.321 e. The molecule has 0 bridgehead atoms. The molecular weight excluding hydrogens is 293 g/mol. The zero-order valence-electron chi connectivity index (χ0n) is 10.9. The summed E-state index contributed by atoms with van der Waals surface area (Å²) in [6.07, 6.45) is 6.41. The molecule has 2 rings (SSSR count). The first-order valence-corrected chi connectivity index (χ1v) is 7.59. The fraction of sp³-hybridized carbons (Fsp3) is 0.600. The Labute approximate surface area is 117 Å². The summed E-state index contributed by atoms with van der Waals surface area (Å²) in [5.41, 5.74) is 6.69. The molecule has 2 atom stereocenters. The molecular formula is C15H21BrFN. The van der Waals surface area contributed by atoms with Crippen LogP contribution in [0.1, 0.15) is 51.0 Å². The number of nitrogens with two attached hydrogens (primary N) is 1. The Hall–Kier alpha value is -0.410. The minimum Gasteiger partial charge on any atom is -0.321 e. The molecule has 1 fully saturated rings. The van der Waals surface area contributed by atoms with Crippen molar-refractivity contribution in [1.82, 2.24) is 0 Å². The van der Waals surface area contributed by atoms with Crippen molar-refractivity contribution < 1.29 is 4.39 Å². The highest BCUT2D eigenvalue weighted by molar-refractivity contribution is 9.10. The second-order valence-corrected chi connectivity index (χ2v) is 6.32. The van der Waals surface area contributed by atoms with E-state index in [1.54, 1.807) is 6.07 Å². The number of hydrogen-bond acceptors (Lipinski definition) is 1. The van der Waals surface area contributed by atoms with Crippen LogP contribution in [-0.2, 0) is 5.54 Å². The third kappa shape index (κ3) is 2.77. The highest BCUT2D eigenvalue weighted by Crippen LogP contribution is 2.38. The van der Waals surface area contributed by atoms with E-state index in [2.05, 4.69) is 22.9 Å². The number of halogens is 2. The van der Waals surface area contributed by atoms with E-state index in [1.165, 1.54) is 12.8 Å². The highest BCUT2D eigenvalue weighted by Gasteiger charge is 2.33. The molecule has 0 aliphatic heterocycles. The highest BCUT2D eigenvalue weighted by atomic mass is 79.9. The molecule has 0 heterocycles. The molecule has 1 aliphatic rings. The quantitative estimate of drug-likeness (QED) is 0.785. The molecule has 0 aromatic heterocycles. The van der Waals surface area contributed by atoms with E-state index < -0.39 is 5.54 Å². The second-order valence-electron chi connectivity index (χ2n) is 5.46. The smallest absolute Gasteiger partial charge is 0.142 e. The molecule has 1 nitrogen and oxygen atoms in total. The van der Waals surface area contributed by atoms with Gasteiger partial charge in [-0.05, 0) is 47.2 Å². The van der Waals surface area contributed by atoms with Crippen molar-refractivity contribution in [1.29, 1.82) is 0 Å². The Morgan fingerprint density at radius 3 is 2.89 bits per heavy atom. The lowest BCUT2D eigenvalue weighted by molar-refractivity contribution is 0.357. The first kappa shape index (κ1) is 14.0. The molecule has 0 radical (unpaired) electrons. The lowest BCUT2D eigenvalue weighted by atomic mass is 9.83. The first-order valence-electron chi connectivity index (χ1n) is 6.80. The van der Waals surface area contributed by atoms with Crippen molar-refractivity contribution in [2.45, 2.75) is 51.0 Å². The predicted molar refractivity (Wildman–Crippen MR) is 76.8 cm³/mol. The summed E-state index contributed by atoms with van der Waals surface area (Å²) in [7, 11) is 0. The van der Waals surface area contributed by atoms with Gasteiger partial charge in [-0.1, -0.05) is 38.3 Å². The Bertz CT molecular complexity index is 421. The van der Waals surface area contributed by atoms with Crippen molar-refractivity contribution in [3.63, 3.8) is 0 Å². The van der Waals surface area contributed by atoms with Crippen LogP contribution in [-0.4, -0.2) is 0 Å². The maximum Gasteiger partial charge on any atom is 0.142 e. The Balaban J connectivity index is 2.27. The molecule has 1 aromatic rings. The van der Waals surface area contributed by atoms with Crippen molar-refractivity contribution in [2.75, 3.05) is 0 Å². The molecule has 2 N–H and O–H groups in total. The average molecular weight is 314 g/mol. The fourth-order valence-electron chi connectivity index (χ4n) is 3.00. The fourth-order valence-corrected chi connectivity index (χ4v) is 3.37. The molecule has 1 aliphatic carbocycles. The van der Waals surface area contributed by atoms with E-state index in [0.717, 1.165) is 31.6 Å². The maximum absolute atomic E-state index is 14.2. The lowest BCUT2D eigenvalue weighted by Gasteiger charge is -2.29. The Morgan fingerprint density at radius 1 is 1.39 bits per heavy atom. The molecule has 2 unspecified atom stereocenters. The number of rotatable bonds is 2. The molecule has 0 amide bonds. The number of benzene rings is 1. The first-order chi connectivity index (χ1) is 8.57. The molecule has 18 heavy (non-hydrogen) atoms. The second kappa shape index (κ2) is 5.70. The normalized spacial score (nSPS) is 29.0. The van der Waals surface area contributed by atoms with Crippen LogP contribution >= 0.6 is 15.9 Å². The van der Waals surface area contributed by atoms with E-state index in [0.29, 0.717) is 10.0 Å². The molecule has 3 heteroatoms. The predicted octanol–water partition coefficient (Wildman–Crippen LogP) is 4.73. The molecule has 100 valence electrons. The van der Waals surface area contributed by atoms with Gasteiger partial charge >= 0.3 is 0 Å². The standard InChI is InChI=1S/C15H21BrFN/c1-2-11-5-4-9-15(18,10-8-11)12-6-3-7-13(16)14(12)17/h3,6-7,11H,2,4-5,8-10,18H2,1H3. The zero-order chi connectivity index (χ0) is 13.2. The molecule has 0 spiro atoms. The lowest BCUT2D eigenvalue weighted by Crippen LogP contribution is -2.37. The van der Waals surface area contributed by atoms with Gasteiger partial charge in [-0.15, -0.1) is 0 Å². The summed E-state index contributed by atoms with van der Waals surface area (Å²) in [4.78, 5) is 0. The van der Waals surface area contributed by atoms with Crippen LogP contribution in [0.3, 0.4) is 0 Å². The van der Waals surface area contributed by atoms with Crippen LogP contribution in [0.2, 0.25) is 0 Å². The van der Waals surface area contributed by atoms with Gasteiger partial charge in [0.05, 0.1) is 4.47 Å². The summed E-state index contributed by atoms with van der Waals surface area (Å²) in [5, 5.41) is 0. The van der Waals surface area contributed by atoms with Gasteiger partial charge in [0.2, 0.25) is 0 Å². The minimum absolute atomic E-state index is 0.185. The van der Waals surface area contributed by atoms with E-state index in [1.807, 2.05) is 12.1 Å². The van der Waals surface area contributed by atoms with Crippen LogP contribution in [0.5, 0.6) is 0 Å². The van der Waals surface area contributed by atoms with Crippen LogP contribution in [0.25, 0.3) is 0 Å². The molecule has 0 saturated heterocycles. The van der Waals surface area contributed by atoms with Gasteiger partial charge in [-0.25, -0.2) is 4.39 Å². The van der Waals surface area contributed by atoms with Gasteiger partial charge < -0.3 is 5.73 Å². The third-order valence-corrected chi connectivity index (χ3v) is 4.91. The van der Waals surface area contributed by atoms with Crippen LogP contribution < -0.4 is 5.73 Å².